The molecule has 5 heteroatoms. The molecule has 1 saturated carbocycles. The van der Waals surface area contributed by atoms with Crippen LogP contribution >= 0.6 is 0 Å². The SMILES string of the molecule is O=C(CCN(CCCCO)C1CC1)Nc1cccc(F)c1. The van der Waals surface area contributed by atoms with Crippen LogP contribution in [0.15, 0.2) is 24.3 Å². The van der Waals surface area contributed by atoms with Crippen LogP contribution in [0.2, 0.25) is 0 Å². The molecule has 116 valence electrons. The monoisotopic (exact) mass is 294 g/mol. The molecule has 1 aromatic rings. The van der Waals surface area contributed by atoms with Gasteiger partial charge in [0.2, 0.25) is 5.91 Å². The van der Waals surface area contributed by atoms with E-state index < -0.39 is 0 Å². The van der Waals surface area contributed by atoms with Crippen molar-refractivity contribution in [3.8, 4) is 0 Å². The van der Waals surface area contributed by atoms with Crippen LogP contribution < -0.4 is 5.32 Å². The number of carbonyl (C=O) groups excluding carboxylic acids is 1. The zero-order valence-electron chi connectivity index (χ0n) is 12.2. The van der Waals surface area contributed by atoms with E-state index in [-0.39, 0.29) is 18.3 Å². The number of hydrogen-bond donors (Lipinski definition) is 2. The number of aliphatic hydroxyl groups is 1. The van der Waals surface area contributed by atoms with Crippen LogP contribution in [0, 0.1) is 5.82 Å². The minimum atomic E-state index is -0.351. The summed E-state index contributed by atoms with van der Waals surface area (Å²) in [7, 11) is 0. The van der Waals surface area contributed by atoms with Gasteiger partial charge in [0.05, 0.1) is 0 Å². The molecule has 1 amide bonds. The lowest BCUT2D eigenvalue weighted by molar-refractivity contribution is -0.116. The van der Waals surface area contributed by atoms with Crippen molar-refractivity contribution in [3.05, 3.63) is 30.1 Å². The molecule has 0 aromatic heterocycles. The Morgan fingerprint density at radius 1 is 1.33 bits per heavy atom. The highest BCUT2D eigenvalue weighted by Crippen LogP contribution is 2.27. The van der Waals surface area contributed by atoms with E-state index in [2.05, 4.69) is 10.2 Å². The minimum absolute atomic E-state index is 0.0894. The highest BCUT2D eigenvalue weighted by molar-refractivity contribution is 5.90. The highest BCUT2D eigenvalue weighted by atomic mass is 19.1. The average Bonchev–Trinajstić information content (AvgIpc) is 3.27. The van der Waals surface area contributed by atoms with E-state index in [1.165, 1.54) is 25.0 Å². The Morgan fingerprint density at radius 3 is 2.81 bits per heavy atom. The van der Waals surface area contributed by atoms with E-state index in [0.29, 0.717) is 18.2 Å². The number of anilines is 1. The molecule has 0 radical (unpaired) electrons. The molecule has 0 bridgehead atoms. The molecule has 1 aromatic carbocycles. The summed E-state index contributed by atoms with van der Waals surface area (Å²) in [6.07, 6.45) is 4.57. The minimum Gasteiger partial charge on any atom is -0.396 e. The van der Waals surface area contributed by atoms with Crippen molar-refractivity contribution in [1.29, 1.82) is 0 Å². The van der Waals surface area contributed by atoms with Gasteiger partial charge in [0.25, 0.3) is 0 Å². The Hall–Kier alpha value is -1.46. The fourth-order valence-corrected chi connectivity index (χ4v) is 2.38. The molecule has 2 N–H and O–H groups in total. The van der Waals surface area contributed by atoms with E-state index in [1.807, 2.05) is 0 Å². The van der Waals surface area contributed by atoms with E-state index in [1.54, 1.807) is 12.1 Å². The second kappa shape index (κ2) is 8.10. The van der Waals surface area contributed by atoms with Gasteiger partial charge in [-0.2, -0.15) is 0 Å². The molecule has 0 spiro atoms. The van der Waals surface area contributed by atoms with Gasteiger partial charge >= 0.3 is 0 Å². The third kappa shape index (κ3) is 5.81. The molecule has 21 heavy (non-hydrogen) atoms. The first-order chi connectivity index (χ1) is 10.2. The topological polar surface area (TPSA) is 52.6 Å². The van der Waals surface area contributed by atoms with Crippen molar-refractivity contribution in [1.82, 2.24) is 4.90 Å². The number of benzene rings is 1. The summed E-state index contributed by atoms with van der Waals surface area (Å²) in [5.41, 5.74) is 0.498. The van der Waals surface area contributed by atoms with Gasteiger partial charge < -0.3 is 10.4 Å². The number of amides is 1. The van der Waals surface area contributed by atoms with Gasteiger partial charge in [-0.3, -0.25) is 9.69 Å². The Morgan fingerprint density at radius 2 is 2.14 bits per heavy atom. The number of unbranched alkanes of at least 4 members (excludes halogenated alkanes) is 1. The summed E-state index contributed by atoms with van der Waals surface area (Å²) < 4.78 is 13.0. The fraction of sp³-hybridized carbons (Fsp3) is 0.562. The first-order valence-electron chi connectivity index (χ1n) is 7.59. The van der Waals surface area contributed by atoms with Crippen molar-refractivity contribution >= 4 is 11.6 Å². The van der Waals surface area contributed by atoms with Crippen LogP contribution in [0.4, 0.5) is 10.1 Å². The largest absolute Gasteiger partial charge is 0.396 e. The second-order valence-electron chi connectivity index (χ2n) is 5.51. The quantitative estimate of drug-likeness (QED) is 0.688. The highest BCUT2D eigenvalue weighted by Gasteiger charge is 2.28. The number of aliphatic hydroxyl groups excluding tert-OH is 1. The van der Waals surface area contributed by atoms with E-state index >= 15 is 0 Å². The zero-order valence-corrected chi connectivity index (χ0v) is 12.2. The molecule has 1 aliphatic rings. The van der Waals surface area contributed by atoms with Crippen molar-refractivity contribution < 1.29 is 14.3 Å². The summed E-state index contributed by atoms with van der Waals surface area (Å²) in [6.45, 7) is 1.87. The van der Waals surface area contributed by atoms with Gasteiger partial charge in [-0.25, -0.2) is 4.39 Å². The first kappa shape index (κ1) is 15.9. The maximum absolute atomic E-state index is 13.0. The number of carbonyl (C=O) groups is 1. The number of halogens is 1. The Bertz CT molecular complexity index is 463. The van der Waals surface area contributed by atoms with E-state index in [9.17, 15) is 9.18 Å². The zero-order chi connectivity index (χ0) is 15.1. The van der Waals surface area contributed by atoms with Crippen molar-refractivity contribution in [2.24, 2.45) is 0 Å². The van der Waals surface area contributed by atoms with Crippen molar-refractivity contribution in [2.75, 3.05) is 25.0 Å². The summed E-state index contributed by atoms with van der Waals surface area (Å²) in [5.74, 6) is -0.440. The maximum Gasteiger partial charge on any atom is 0.225 e. The normalized spacial score (nSPS) is 14.4. The van der Waals surface area contributed by atoms with E-state index in [4.69, 9.17) is 5.11 Å². The summed E-state index contributed by atoms with van der Waals surface area (Å²) >= 11 is 0. The van der Waals surface area contributed by atoms with Crippen LogP contribution in [0.5, 0.6) is 0 Å². The molecule has 0 unspecified atom stereocenters. The first-order valence-corrected chi connectivity index (χ1v) is 7.59. The Balaban J connectivity index is 1.73. The smallest absolute Gasteiger partial charge is 0.225 e. The van der Waals surface area contributed by atoms with Gasteiger partial charge in [-0.05, 0) is 50.4 Å². The van der Waals surface area contributed by atoms with Gasteiger partial charge in [0.15, 0.2) is 0 Å². The third-order valence-electron chi connectivity index (χ3n) is 3.65. The van der Waals surface area contributed by atoms with E-state index in [0.717, 1.165) is 25.9 Å². The summed E-state index contributed by atoms with van der Waals surface area (Å²) in [4.78, 5) is 14.2. The van der Waals surface area contributed by atoms with Crippen LogP contribution in [-0.2, 0) is 4.79 Å². The Labute approximate surface area is 125 Å². The summed E-state index contributed by atoms with van der Waals surface area (Å²) in [5, 5.41) is 11.5. The standard InChI is InChI=1S/C16H23FN2O2/c17-13-4-3-5-14(12-13)18-16(21)8-10-19(15-6-7-15)9-1-2-11-20/h3-5,12,15,20H,1-2,6-11H2,(H,18,21). The number of hydrogen-bond acceptors (Lipinski definition) is 3. The predicted molar refractivity (Wildman–Crippen MR) is 80.6 cm³/mol. The van der Waals surface area contributed by atoms with Crippen LogP contribution in [0.3, 0.4) is 0 Å². The molecule has 0 atom stereocenters. The maximum atomic E-state index is 13.0. The molecule has 4 nitrogen and oxygen atoms in total. The molecular formula is C16H23FN2O2. The molecule has 0 saturated heterocycles. The number of rotatable bonds is 9. The molecular weight excluding hydrogens is 271 g/mol. The molecule has 1 aliphatic carbocycles. The lowest BCUT2D eigenvalue weighted by Crippen LogP contribution is -2.31. The predicted octanol–water partition coefficient (Wildman–Crippen LogP) is 2.39. The van der Waals surface area contributed by atoms with Crippen LogP contribution in [-0.4, -0.2) is 41.7 Å². The van der Waals surface area contributed by atoms with Gasteiger partial charge in [-0.1, -0.05) is 6.07 Å². The van der Waals surface area contributed by atoms with Crippen LogP contribution in [0.1, 0.15) is 32.1 Å². The number of nitrogens with zero attached hydrogens (tertiary/aromatic N) is 1. The third-order valence-corrected chi connectivity index (χ3v) is 3.65. The van der Waals surface area contributed by atoms with Crippen molar-refractivity contribution in [3.63, 3.8) is 0 Å². The number of nitrogens with one attached hydrogen (secondary N) is 1. The van der Waals surface area contributed by atoms with Gasteiger partial charge in [-0.15, -0.1) is 0 Å². The molecule has 2 rings (SSSR count). The van der Waals surface area contributed by atoms with Crippen molar-refractivity contribution in [2.45, 2.75) is 38.1 Å². The Kier molecular flexibility index (Phi) is 6.14. The molecule has 1 fully saturated rings. The lowest BCUT2D eigenvalue weighted by atomic mass is 10.2. The summed E-state index contributed by atoms with van der Waals surface area (Å²) in [6, 6.07) is 6.53. The van der Waals surface area contributed by atoms with Crippen LogP contribution in [0.25, 0.3) is 0 Å². The molecule has 0 aliphatic heterocycles. The average molecular weight is 294 g/mol. The molecule has 0 heterocycles. The van der Waals surface area contributed by atoms with Gasteiger partial charge in [0.1, 0.15) is 5.82 Å². The fourth-order valence-electron chi connectivity index (χ4n) is 2.38. The second-order valence-corrected chi connectivity index (χ2v) is 5.51. The van der Waals surface area contributed by atoms with Gasteiger partial charge in [0, 0.05) is 31.3 Å². The lowest BCUT2D eigenvalue weighted by Gasteiger charge is -2.21.